The summed E-state index contributed by atoms with van der Waals surface area (Å²) in [6.07, 6.45) is 3.38. The highest BCUT2D eigenvalue weighted by Gasteiger charge is 2.01. The summed E-state index contributed by atoms with van der Waals surface area (Å²) in [6, 6.07) is 9.18. The van der Waals surface area contributed by atoms with Crippen LogP contribution >= 0.6 is 0 Å². The summed E-state index contributed by atoms with van der Waals surface area (Å²) < 4.78 is 1.69. The highest BCUT2D eigenvalue weighted by Crippen LogP contribution is 2.07. The molecule has 0 atom stereocenters. The molecule has 0 aliphatic carbocycles. The lowest BCUT2D eigenvalue weighted by atomic mass is 10.4. The van der Waals surface area contributed by atoms with Gasteiger partial charge in [-0.3, -0.25) is 4.57 Å². The van der Waals surface area contributed by atoms with Gasteiger partial charge in [0.25, 0.3) is 0 Å². The van der Waals surface area contributed by atoms with Gasteiger partial charge in [-0.05, 0) is 24.3 Å². The molecule has 13 heavy (non-hydrogen) atoms. The Kier molecular flexibility index (Phi) is 1.77. The number of hydrogen-bond acceptors (Lipinski definition) is 3. The lowest BCUT2D eigenvalue weighted by Crippen LogP contribution is -1.98. The van der Waals surface area contributed by atoms with Crippen LogP contribution in [0.25, 0.3) is 5.82 Å². The van der Waals surface area contributed by atoms with E-state index in [1.54, 1.807) is 41.2 Å². The van der Waals surface area contributed by atoms with Gasteiger partial charge in [0, 0.05) is 12.4 Å². The van der Waals surface area contributed by atoms with Crippen molar-refractivity contribution in [1.29, 1.82) is 5.26 Å². The fourth-order valence-electron chi connectivity index (χ4n) is 1.09. The van der Waals surface area contributed by atoms with E-state index in [-0.39, 0.29) is 0 Å². The van der Waals surface area contributed by atoms with Crippen LogP contribution in [0.1, 0.15) is 5.69 Å². The molecule has 0 aliphatic rings. The molecule has 62 valence electrons. The summed E-state index contributed by atoms with van der Waals surface area (Å²) in [5.74, 6) is 0.657. The minimum Gasteiger partial charge on any atom is -0.291 e. The summed E-state index contributed by atoms with van der Waals surface area (Å²) in [4.78, 5) is 0. The van der Waals surface area contributed by atoms with Crippen molar-refractivity contribution < 1.29 is 0 Å². The molecule has 2 rings (SSSR count). The fourth-order valence-corrected chi connectivity index (χ4v) is 1.09. The second kappa shape index (κ2) is 3.07. The Morgan fingerprint density at radius 3 is 2.92 bits per heavy atom. The summed E-state index contributed by atoms with van der Waals surface area (Å²) in [5.41, 5.74) is 0.556. The van der Waals surface area contributed by atoms with Crippen molar-refractivity contribution in [2.45, 2.75) is 0 Å². The van der Waals surface area contributed by atoms with Crippen LogP contribution in [0.15, 0.2) is 36.7 Å². The van der Waals surface area contributed by atoms with Gasteiger partial charge in [-0.25, -0.2) is 0 Å². The van der Waals surface area contributed by atoms with Crippen LogP contribution in [-0.2, 0) is 0 Å². The molecule has 0 N–H and O–H groups in total. The third-order valence-electron chi connectivity index (χ3n) is 1.67. The first-order valence-electron chi connectivity index (χ1n) is 3.77. The van der Waals surface area contributed by atoms with Crippen LogP contribution in [0.4, 0.5) is 0 Å². The molecule has 2 aromatic heterocycles. The van der Waals surface area contributed by atoms with Gasteiger partial charge >= 0.3 is 0 Å². The zero-order chi connectivity index (χ0) is 9.10. The molecule has 0 unspecified atom stereocenters. The van der Waals surface area contributed by atoms with Crippen molar-refractivity contribution in [3.8, 4) is 11.9 Å². The second-order valence-corrected chi connectivity index (χ2v) is 2.46. The number of nitrogens with zero attached hydrogens (tertiary/aromatic N) is 4. The van der Waals surface area contributed by atoms with Gasteiger partial charge in [0.2, 0.25) is 0 Å². The van der Waals surface area contributed by atoms with Crippen LogP contribution in [-0.4, -0.2) is 14.8 Å². The average molecular weight is 170 g/mol. The zero-order valence-corrected chi connectivity index (χ0v) is 6.75. The van der Waals surface area contributed by atoms with Crippen LogP contribution in [0, 0.1) is 11.3 Å². The number of nitriles is 1. The number of aromatic nitrogens is 3. The Labute approximate surface area is 75.1 Å². The lowest BCUT2D eigenvalue weighted by molar-refractivity contribution is 0.909. The third kappa shape index (κ3) is 1.27. The Morgan fingerprint density at radius 2 is 2.23 bits per heavy atom. The predicted molar refractivity (Wildman–Crippen MR) is 46.1 cm³/mol. The topological polar surface area (TPSA) is 54.5 Å². The highest BCUT2D eigenvalue weighted by molar-refractivity contribution is 5.32. The monoisotopic (exact) mass is 170 g/mol. The van der Waals surface area contributed by atoms with Crippen LogP contribution < -0.4 is 0 Å². The van der Waals surface area contributed by atoms with Crippen molar-refractivity contribution in [3.05, 3.63) is 42.4 Å². The predicted octanol–water partition coefficient (Wildman–Crippen LogP) is 1.14. The van der Waals surface area contributed by atoms with E-state index in [2.05, 4.69) is 16.3 Å². The van der Waals surface area contributed by atoms with Gasteiger partial charge in [-0.1, -0.05) is 0 Å². The Bertz CT molecular complexity index is 438. The molecular weight excluding hydrogens is 164 g/mol. The van der Waals surface area contributed by atoms with E-state index in [1.165, 1.54) is 0 Å². The van der Waals surface area contributed by atoms with Gasteiger partial charge in [0.15, 0.2) is 5.82 Å². The Balaban J connectivity index is 2.54. The van der Waals surface area contributed by atoms with Gasteiger partial charge in [-0.2, -0.15) is 10.4 Å². The van der Waals surface area contributed by atoms with Gasteiger partial charge in [0.1, 0.15) is 11.8 Å². The number of rotatable bonds is 1. The normalized spacial score (nSPS) is 9.46. The maximum absolute atomic E-state index is 8.75. The van der Waals surface area contributed by atoms with Crippen molar-refractivity contribution in [2.24, 2.45) is 0 Å². The van der Waals surface area contributed by atoms with Crippen LogP contribution in [0.3, 0.4) is 0 Å². The van der Waals surface area contributed by atoms with E-state index in [0.29, 0.717) is 11.5 Å². The molecule has 2 heterocycles. The molecule has 0 aromatic carbocycles. The van der Waals surface area contributed by atoms with E-state index < -0.39 is 0 Å². The number of hydrogen-bond donors (Lipinski definition) is 0. The molecule has 2 aromatic rings. The van der Waals surface area contributed by atoms with E-state index in [9.17, 15) is 0 Å². The maximum atomic E-state index is 8.75. The highest BCUT2D eigenvalue weighted by atomic mass is 15.2. The lowest BCUT2D eigenvalue weighted by Gasteiger charge is -2.00. The van der Waals surface area contributed by atoms with Crippen molar-refractivity contribution >= 4 is 0 Å². The van der Waals surface area contributed by atoms with E-state index >= 15 is 0 Å². The Hall–Kier alpha value is -2.15. The Morgan fingerprint density at radius 1 is 1.31 bits per heavy atom. The first-order chi connectivity index (χ1) is 6.42. The quantitative estimate of drug-likeness (QED) is 0.644. The third-order valence-corrected chi connectivity index (χ3v) is 1.67. The van der Waals surface area contributed by atoms with Crippen molar-refractivity contribution in [3.63, 3.8) is 0 Å². The molecule has 0 bridgehead atoms. The van der Waals surface area contributed by atoms with Gasteiger partial charge in [0.05, 0.1) is 0 Å². The van der Waals surface area contributed by atoms with Crippen molar-refractivity contribution in [2.75, 3.05) is 0 Å². The zero-order valence-electron chi connectivity index (χ0n) is 6.75. The molecule has 0 radical (unpaired) electrons. The van der Waals surface area contributed by atoms with E-state index in [1.807, 2.05) is 0 Å². The largest absolute Gasteiger partial charge is 0.291 e. The first kappa shape index (κ1) is 7.50. The summed E-state index contributed by atoms with van der Waals surface area (Å²) in [7, 11) is 0. The van der Waals surface area contributed by atoms with Gasteiger partial charge < -0.3 is 0 Å². The minimum atomic E-state index is 0.556. The minimum absolute atomic E-state index is 0.556. The molecule has 4 heteroatoms. The van der Waals surface area contributed by atoms with Crippen LogP contribution in [0.5, 0.6) is 0 Å². The average Bonchev–Trinajstić information content (AvgIpc) is 2.67. The molecule has 0 saturated carbocycles. The fraction of sp³-hybridized carbons (Fsp3) is 0. The molecule has 0 spiro atoms. The second-order valence-electron chi connectivity index (χ2n) is 2.46. The molecule has 0 amide bonds. The summed E-state index contributed by atoms with van der Waals surface area (Å²) >= 11 is 0. The summed E-state index contributed by atoms with van der Waals surface area (Å²) in [6.45, 7) is 0. The van der Waals surface area contributed by atoms with Crippen molar-refractivity contribution in [1.82, 2.24) is 14.8 Å². The smallest absolute Gasteiger partial charge is 0.160 e. The molecule has 0 saturated heterocycles. The SMILES string of the molecule is N#Cc1cccn1-c1cccnn1. The van der Waals surface area contributed by atoms with Gasteiger partial charge in [-0.15, -0.1) is 5.10 Å². The van der Waals surface area contributed by atoms with Crippen LogP contribution in [0.2, 0.25) is 0 Å². The standard InChI is InChI=1S/C9H6N4/c10-7-8-3-2-6-13(8)9-4-1-5-11-12-9/h1-6H. The summed E-state index contributed by atoms with van der Waals surface area (Å²) in [5, 5.41) is 16.4. The molecular formula is C9H6N4. The maximum Gasteiger partial charge on any atom is 0.160 e. The molecule has 4 nitrogen and oxygen atoms in total. The van der Waals surface area contributed by atoms with E-state index in [0.717, 1.165) is 0 Å². The van der Waals surface area contributed by atoms with E-state index in [4.69, 9.17) is 5.26 Å². The molecule has 0 aliphatic heterocycles. The first-order valence-corrected chi connectivity index (χ1v) is 3.77. The molecule has 0 fully saturated rings.